The molecule has 3 heterocycles. The van der Waals surface area contributed by atoms with Gasteiger partial charge in [0.2, 0.25) is 5.91 Å². The summed E-state index contributed by atoms with van der Waals surface area (Å²) in [6.45, 7) is 3.51. The second-order valence-corrected chi connectivity index (χ2v) is 7.22. The highest BCUT2D eigenvalue weighted by Crippen LogP contribution is 2.24. The van der Waals surface area contributed by atoms with Crippen LogP contribution in [0.25, 0.3) is 11.3 Å². The molecule has 0 bridgehead atoms. The smallest absolute Gasteiger partial charge is 0.248 e. The van der Waals surface area contributed by atoms with Gasteiger partial charge in [0.25, 0.3) is 0 Å². The predicted molar refractivity (Wildman–Crippen MR) is 115 cm³/mol. The number of amides is 1. The normalized spacial score (nSPS) is 14.0. The Morgan fingerprint density at radius 3 is 2.59 bits per heavy atom. The minimum atomic E-state index is -0.441. The van der Waals surface area contributed by atoms with Crippen molar-refractivity contribution in [1.82, 2.24) is 15.3 Å². The van der Waals surface area contributed by atoms with E-state index in [1.165, 1.54) is 5.56 Å². The number of primary amides is 1. The number of carbonyl (C=O) groups excluding carboxylic acids is 1. The van der Waals surface area contributed by atoms with E-state index in [2.05, 4.69) is 45.5 Å². The Labute approximate surface area is 170 Å². The predicted octanol–water partition coefficient (Wildman–Crippen LogP) is 2.44. The molecule has 1 saturated heterocycles. The quantitative estimate of drug-likeness (QED) is 0.679. The summed E-state index contributed by atoms with van der Waals surface area (Å²) in [6, 6.07) is 17.9. The number of pyridine rings is 2. The fourth-order valence-corrected chi connectivity index (χ4v) is 3.55. The van der Waals surface area contributed by atoms with Crippen LogP contribution in [-0.4, -0.2) is 42.1 Å². The minimum absolute atomic E-state index is 0.441. The number of nitrogens with two attached hydrogens (primary N) is 1. The van der Waals surface area contributed by atoms with E-state index < -0.39 is 5.91 Å². The van der Waals surface area contributed by atoms with Crippen molar-refractivity contribution in [3.63, 3.8) is 0 Å². The van der Waals surface area contributed by atoms with Crippen molar-refractivity contribution in [2.75, 3.05) is 31.1 Å². The third kappa shape index (κ3) is 4.78. The summed E-state index contributed by atoms with van der Waals surface area (Å²) in [6.07, 6.45) is 3.58. The maximum atomic E-state index is 11.9. The van der Waals surface area contributed by atoms with Gasteiger partial charge in [0.1, 0.15) is 5.82 Å². The van der Waals surface area contributed by atoms with Gasteiger partial charge in [0.05, 0.1) is 5.69 Å². The van der Waals surface area contributed by atoms with Gasteiger partial charge in [0, 0.05) is 49.2 Å². The minimum Gasteiger partial charge on any atom is -0.366 e. The van der Waals surface area contributed by atoms with E-state index in [4.69, 9.17) is 10.7 Å². The van der Waals surface area contributed by atoms with Crippen molar-refractivity contribution in [2.45, 2.75) is 12.8 Å². The van der Waals surface area contributed by atoms with Crippen molar-refractivity contribution >= 4 is 11.7 Å². The lowest BCUT2D eigenvalue weighted by atomic mass is 10.0. The number of piperazine rings is 1. The van der Waals surface area contributed by atoms with E-state index in [0.717, 1.165) is 61.8 Å². The summed E-state index contributed by atoms with van der Waals surface area (Å²) in [5, 5.41) is 3.33. The third-order valence-electron chi connectivity index (χ3n) is 5.16. The zero-order chi connectivity index (χ0) is 20.1. The van der Waals surface area contributed by atoms with Crippen LogP contribution in [0.1, 0.15) is 21.6 Å². The van der Waals surface area contributed by atoms with Crippen molar-refractivity contribution in [1.29, 1.82) is 0 Å². The molecule has 1 aliphatic rings. The van der Waals surface area contributed by atoms with E-state index in [1.807, 2.05) is 12.1 Å². The van der Waals surface area contributed by atoms with Crippen LogP contribution in [0.15, 0.2) is 60.8 Å². The highest BCUT2D eigenvalue weighted by atomic mass is 16.1. The van der Waals surface area contributed by atoms with Gasteiger partial charge in [-0.1, -0.05) is 30.3 Å². The lowest BCUT2D eigenvalue weighted by Gasteiger charge is -2.29. The van der Waals surface area contributed by atoms with Gasteiger partial charge in [-0.25, -0.2) is 4.98 Å². The molecule has 148 valence electrons. The first-order valence-electron chi connectivity index (χ1n) is 9.96. The van der Waals surface area contributed by atoms with Crippen LogP contribution in [0, 0.1) is 0 Å². The highest BCUT2D eigenvalue weighted by molar-refractivity contribution is 5.94. The standard InChI is InChI=1S/C23H25N5O/c24-23(29)19-15-21(27-22(16-19)28-12-10-25-11-13-28)18-8-9-26-20(14-18)7-6-17-4-2-1-3-5-17/h1-5,8-9,14-16,25H,6-7,10-13H2,(H2,24,29). The van der Waals surface area contributed by atoms with E-state index >= 15 is 0 Å². The number of rotatable bonds is 6. The monoisotopic (exact) mass is 387 g/mol. The van der Waals surface area contributed by atoms with Crippen LogP contribution in [-0.2, 0) is 12.8 Å². The molecule has 0 atom stereocenters. The zero-order valence-electron chi connectivity index (χ0n) is 16.3. The van der Waals surface area contributed by atoms with Gasteiger partial charge in [-0.2, -0.15) is 0 Å². The van der Waals surface area contributed by atoms with Gasteiger partial charge in [0.15, 0.2) is 0 Å². The Morgan fingerprint density at radius 1 is 1.03 bits per heavy atom. The zero-order valence-corrected chi connectivity index (χ0v) is 16.3. The molecular weight excluding hydrogens is 362 g/mol. The second kappa shape index (κ2) is 8.84. The number of carbonyl (C=O) groups is 1. The largest absolute Gasteiger partial charge is 0.366 e. The number of nitrogens with zero attached hydrogens (tertiary/aromatic N) is 3. The third-order valence-corrected chi connectivity index (χ3v) is 5.16. The average molecular weight is 387 g/mol. The van der Waals surface area contributed by atoms with Crippen LogP contribution >= 0.6 is 0 Å². The molecule has 0 aliphatic carbocycles. The number of aromatic nitrogens is 2. The molecule has 6 nitrogen and oxygen atoms in total. The fraction of sp³-hybridized carbons (Fsp3) is 0.261. The maximum absolute atomic E-state index is 11.9. The molecule has 4 rings (SSSR count). The SMILES string of the molecule is NC(=O)c1cc(-c2ccnc(CCc3ccccc3)c2)nc(N2CCNCC2)c1. The molecular formula is C23H25N5O. The van der Waals surface area contributed by atoms with Gasteiger partial charge < -0.3 is 16.0 Å². The molecule has 1 aromatic carbocycles. The lowest BCUT2D eigenvalue weighted by molar-refractivity contribution is 0.1000. The molecule has 0 spiro atoms. The van der Waals surface area contributed by atoms with Gasteiger partial charge >= 0.3 is 0 Å². The topological polar surface area (TPSA) is 84.1 Å². The first-order valence-corrected chi connectivity index (χ1v) is 9.96. The number of hydrogen-bond acceptors (Lipinski definition) is 5. The Balaban J connectivity index is 1.61. The number of aryl methyl sites for hydroxylation is 2. The molecule has 2 aromatic heterocycles. The van der Waals surface area contributed by atoms with Crippen molar-refractivity contribution in [3.05, 3.63) is 77.6 Å². The van der Waals surface area contributed by atoms with Crippen LogP contribution in [0.5, 0.6) is 0 Å². The average Bonchev–Trinajstić information content (AvgIpc) is 2.79. The van der Waals surface area contributed by atoms with Crippen LogP contribution < -0.4 is 16.0 Å². The molecule has 29 heavy (non-hydrogen) atoms. The molecule has 1 amide bonds. The van der Waals surface area contributed by atoms with E-state index in [9.17, 15) is 4.79 Å². The molecule has 1 aliphatic heterocycles. The molecule has 3 N–H and O–H groups in total. The summed E-state index contributed by atoms with van der Waals surface area (Å²) in [5.41, 5.74) is 10.1. The summed E-state index contributed by atoms with van der Waals surface area (Å²) >= 11 is 0. The summed E-state index contributed by atoms with van der Waals surface area (Å²) in [4.78, 5) is 23.4. The molecule has 6 heteroatoms. The summed E-state index contributed by atoms with van der Waals surface area (Å²) in [7, 11) is 0. The first kappa shape index (κ1) is 19.1. The second-order valence-electron chi connectivity index (χ2n) is 7.22. The molecule has 3 aromatic rings. The van der Waals surface area contributed by atoms with E-state index in [0.29, 0.717) is 5.56 Å². The van der Waals surface area contributed by atoms with Crippen molar-refractivity contribution in [3.8, 4) is 11.3 Å². The molecule has 1 fully saturated rings. The highest BCUT2D eigenvalue weighted by Gasteiger charge is 2.16. The van der Waals surface area contributed by atoms with E-state index in [1.54, 1.807) is 18.3 Å². The summed E-state index contributed by atoms with van der Waals surface area (Å²) < 4.78 is 0. The van der Waals surface area contributed by atoms with Gasteiger partial charge in [-0.15, -0.1) is 0 Å². The number of hydrogen-bond donors (Lipinski definition) is 2. The van der Waals surface area contributed by atoms with Crippen molar-refractivity contribution in [2.24, 2.45) is 5.73 Å². The Hall–Kier alpha value is -3.25. The number of anilines is 1. The lowest BCUT2D eigenvalue weighted by Crippen LogP contribution is -2.44. The van der Waals surface area contributed by atoms with Crippen LogP contribution in [0.4, 0.5) is 5.82 Å². The Bertz CT molecular complexity index is 984. The Morgan fingerprint density at radius 2 is 1.83 bits per heavy atom. The Kier molecular flexibility index (Phi) is 5.81. The number of benzene rings is 1. The summed E-state index contributed by atoms with van der Waals surface area (Å²) in [5.74, 6) is 0.351. The fourth-order valence-electron chi connectivity index (χ4n) is 3.55. The first-order chi connectivity index (χ1) is 14.2. The van der Waals surface area contributed by atoms with Crippen molar-refractivity contribution < 1.29 is 4.79 Å². The van der Waals surface area contributed by atoms with Gasteiger partial charge in [-0.05, 0) is 42.7 Å². The molecule has 0 radical (unpaired) electrons. The molecule has 0 unspecified atom stereocenters. The van der Waals surface area contributed by atoms with E-state index in [-0.39, 0.29) is 0 Å². The van der Waals surface area contributed by atoms with Crippen LogP contribution in [0.2, 0.25) is 0 Å². The van der Waals surface area contributed by atoms with Gasteiger partial charge in [-0.3, -0.25) is 9.78 Å². The molecule has 0 saturated carbocycles. The number of nitrogens with one attached hydrogen (secondary N) is 1. The maximum Gasteiger partial charge on any atom is 0.248 e. The van der Waals surface area contributed by atoms with Crippen LogP contribution in [0.3, 0.4) is 0 Å².